The summed E-state index contributed by atoms with van der Waals surface area (Å²) in [6.07, 6.45) is 0. The van der Waals surface area contributed by atoms with Crippen LogP contribution < -0.4 is 5.32 Å². The fourth-order valence-corrected chi connectivity index (χ4v) is 1.93. The van der Waals surface area contributed by atoms with Gasteiger partial charge in [-0.1, -0.05) is 11.3 Å². The zero-order valence-corrected chi connectivity index (χ0v) is 8.25. The molecule has 0 aromatic carbocycles. The van der Waals surface area contributed by atoms with E-state index in [4.69, 9.17) is 4.74 Å². The predicted molar refractivity (Wildman–Crippen MR) is 52.4 cm³/mol. The van der Waals surface area contributed by atoms with Gasteiger partial charge < -0.3 is 10.1 Å². The molecule has 1 N–H and O–H groups in total. The molecule has 5 nitrogen and oxygen atoms in total. The van der Waals surface area contributed by atoms with Crippen molar-refractivity contribution < 1.29 is 9.66 Å². The maximum absolute atomic E-state index is 10.4. The number of rotatable bonds is 4. The van der Waals surface area contributed by atoms with Gasteiger partial charge in [0.05, 0.1) is 24.2 Å². The molecule has 14 heavy (non-hydrogen) atoms. The lowest BCUT2D eigenvalue weighted by molar-refractivity contribution is -0.380. The lowest BCUT2D eigenvalue weighted by atomic mass is 10.2. The molecule has 0 radical (unpaired) electrons. The van der Waals surface area contributed by atoms with E-state index in [0.717, 1.165) is 18.1 Å². The van der Waals surface area contributed by atoms with E-state index in [-0.39, 0.29) is 9.92 Å². The molecule has 0 unspecified atom stereocenters. The first-order valence-corrected chi connectivity index (χ1v) is 5.11. The molecule has 0 atom stereocenters. The molecule has 2 rings (SSSR count). The van der Waals surface area contributed by atoms with Crippen LogP contribution in [0.15, 0.2) is 12.1 Å². The summed E-state index contributed by atoms with van der Waals surface area (Å²) in [5.74, 6) is 0. The second kappa shape index (κ2) is 4.04. The van der Waals surface area contributed by atoms with E-state index in [0.29, 0.717) is 12.6 Å². The molecule has 6 heteroatoms. The molecular formula is C8H10N2O3S. The lowest BCUT2D eigenvalue weighted by Gasteiger charge is -2.26. The zero-order chi connectivity index (χ0) is 9.97. The van der Waals surface area contributed by atoms with E-state index in [1.54, 1.807) is 12.1 Å². The van der Waals surface area contributed by atoms with Gasteiger partial charge in [-0.2, -0.15) is 0 Å². The van der Waals surface area contributed by atoms with Gasteiger partial charge in [-0.05, 0) is 6.07 Å². The Balaban J connectivity index is 1.86. The Morgan fingerprint density at radius 3 is 2.93 bits per heavy atom. The van der Waals surface area contributed by atoms with Crippen molar-refractivity contribution >= 4 is 16.3 Å². The molecule has 1 aliphatic rings. The second-order valence-corrected chi connectivity index (χ2v) is 4.26. The summed E-state index contributed by atoms with van der Waals surface area (Å²) in [6, 6.07) is 3.74. The SMILES string of the molecule is O=[N+]([O-])c1ccc(CNC2COC2)s1. The molecule has 2 heterocycles. The van der Waals surface area contributed by atoms with Gasteiger partial charge in [0.2, 0.25) is 0 Å². The minimum absolute atomic E-state index is 0.201. The molecule has 0 bridgehead atoms. The lowest BCUT2D eigenvalue weighted by Crippen LogP contribution is -2.45. The van der Waals surface area contributed by atoms with Crippen molar-refractivity contribution in [3.8, 4) is 0 Å². The molecular weight excluding hydrogens is 204 g/mol. The van der Waals surface area contributed by atoms with Crippen LogP contribution in [0.25, 0.3) is 0 Å². The Hall–Kier alpha value is -0.980. The largest absolute Gasteiger partial charge is 0.378 e. The maximum atomic E-state index is 10.4. The van der Waals surface area contributed by atoms with Crippen molar-refractivity contribution in [2.75, 3.05) is 13.2 Å². The molecule has 0 spiro atoms. The summed E-state index contributed by atoms with van der Waals surface area (Å²) >= 11 is 1.22. The Kier molecular flexibility index (Phi) is 2.76. The highest BCUT2D eigenvalue weighted by Crippen LogP contribution is 2.23. The number of hydrogen-bond acceptors (Lipinski definition) is 5. The van der Waals surface area contributed by atoms with Gasteiger partial charge >= 0.3 is 5.00 Å². The molecule has 1 aliphatic heterocycles. The summed E-state index contributed by atoms with van der Waals surface area (Å²) in [4.78, 5) is 11.0. The highest BCUT2D eigenvalue weighted by atomic mass is 32.1. The van der Waals surface area contributed by atoms with E-state index >= 15 is 0 Å². The van der Waals surface area contributed by atoms with E-state index in [9.17, 15) is 10.1 Å². The first-order chi connectivity index (χ1) is 6.75. The summed E-state index contributed by atoms with van der Waals surface area (Å²) in [7, 11) is 0. The topological polar surface area (TPSA) is 64.4 Å². The van der Waals surface area contributed by atoms with Crippen LogP contribution in [0, 0.1) is 10.1 Å². The van der Waals surface area contributed by atoms with Gasteiger partial charge in [0, 0.05) is 17.5 Å². The summed E-state index contributed by atoms with van der Waals surface area (Å²) < 4.78 is 5.00. The van der Waals surface area contributed by atoms with Crippen LogP contribution in [-0.4, -0.2) is 24.2 Å². The predicted octanol–water partition coefficient (Wildman–Crippen LogP) is 1.14. The number of hydrogen-bond donors (Lipinski definition) is 1. The van der Waals surface area contributed by atoms with Crippen LogP contribution in [0.2, 0.25) is 0 Å². The van der Waals surface area contributed by atoms with Crippen LogP contribution in [-0.2, 0) is 11.3 Å². The van der Waals surface area contributed by atoms with Crippen molar-refractivity contribution in [2.45, 2.75) is 12.6 Å². The van der Waals surface area contributed by atoms with Crippen LogP contribution in [0.1, 0.15) is 4.88 Å². The number of thiophene rings is 1. The minimum Gasteiger partial charge on any atom is -0.378 e. The van der Waals surface area contributed by atoms with Crippen LogP contribution in [0.4, 0.5) is 5.00 Å². The third kappa shape index (κ3) is 2.09. The van der Waals surface area contributed by atoms with Crippen LogP contribution in [0.5, 0.6) is 0 Å². The van der Waals surface area contributed by atoms with Gasteiger partial charge in [-0.25, -0.2) is 0 Å². The van der Waals surface area contributed by atoms with Crippen molar-refractivity contribution in [1.29, 1.82) is 0 Å². The quantitative estimate of drug-likeness (QED) is 0.603. The summed E-state index contributed by atoms with van der Waals surface area (Å²) in [5.41, 5.74) is 0. The maximum Gasteiger partial charge on any atom is 0.324 e. The Morgan fingerprint density at radius 1 is 1.64 bits per heavy atom. The molecule has 1 fully saturated rings. The Labute approximate surface area is 84.8 Å². The molecule has 76 valence electrons. The van der Waals surface area contributed by atoms with Crippen molar-refractivity contribution in [3.63, 3.8) is 0 Å². The third-order valence-corrected chi connectivity index (χ3v) is 3.07. The highest BCUT2D eigenvalue weighted by Gasteiger charge is 2.18. The third-order valence-electron chi connectivity index (χ3n) is 2.03. The Morgan fingerprint density at radius 2 is 2.43 bits per heavy atom. The second-order valence-electron chi connectivity index (χ2n) is 3.11. The van der Waals surface area contributed by atoms with Crippen molar-refractivity contribution in [2.24, 2.45) is 0 Å². The van der Waals surface area contributed by atoms with Gasteiger partial charge in [-0.15, -0.1) is 0 Å². The van der Waals surface area contributed by atoms with Gasteiger partial charge in [0.15, 0.2) is 0 Å². The Bertz CT molecular complexity index is 335. The van der Waals surface area contributed by atoms with Crippen LogP contribution >= 0.6 is 11.3 Å². The molecule has 0 aliphatic carbocycles. The van der Waals surface area contributed by atoms with Crippen molar-refractivity contribution in [1.82, 2.24) is 5.32 Å². The first kappa shape index (κ1) is 9.57. The molecule has 0 amide bonds. The van der Waals surface area contributed by atoms with Crippen molar-refractivity contribution in [3.05, 3.63) is 27.1 Å². The van der Waals surface area contributed by atoms with Gasteiger partial charge in [0.1, 0.15) is 0 Å². The fraction of sp³-hybridized carbons (Fsp3) is 0.500. The average molecular weight is 214 g/mol. The van der Waals surface area contributed by atoms with E-state index in [2.05, 4.69) is 5.32 Å². The summed E-state index contributed by atoms with van der Waals surface area (Å²) in [5, 5.41) is 13.8. The normalized spacial score (nSPS) is 16.6. The van der Waals surface area contributed by atoms with Gasteiger partial charge in [-0.3, -0.25) is 10.1 Å². The number of ether oxygens (including phenoxy) is 1. The van der Waals surface area contributed by atoms with E-state index < -0.39 is 0 Å². The molecule has 1 aromatic heterocycles. The van der Waals surface area contributed by atoms with Gasteiger partial charge in [0.25, 0.3) is 0 Å². The fourth-order valence-electron chi connectivity index (χ4n) is 1.16. The van der Waals surface area contributed by atoms with E-state index in [1.807, 2.05) is 0 Å². The zero-order valence-electron chi connectivity index (χ0n) is 7.43. The minimum atomic E-state index is -0.360. The highest BCUT2D eigenvalue weighted by molar-refractivity contribution is 7.15. The first-order valence-electron chi connectivity index (χ1n) is 4.30. The molecule has 0 saturated carbocycles. The molecule has 1 aromatic rings. The smallest absolute Gasteiger partial charge is 0.324 e. The van der Waals surface area contributed by atoms with E-state index in [1.165, 1.54) is 11.3 Å². The summed E-state index contributed by atoms with van der Waals surface area (Å²) in [6.45, 7) is 2.17. The number of nitrogens with one attached hydrogen (secondary N) is 1. The number of nitro groups is 1. The standard InChI is InChI=1S/C8H10N2O3S/c11-10(12)8-2-1-7(14-8)3-9-6-4-13-5-6/h1-2,6,9H,3-5H2. The number of nitrogens with zero attached hydrogens (tertiary/aromatic N) is 1. The monoisotopic (exact) mass is 214 g/mol. The molecule has 1 saturated heterocycles. The average Bonchev–Trinajstić information content (AvgIpc) is 2.50. The van der Waals surface area contributed by atoms with Crippen LogP contribution in [0.3, 0.4) is 0 Å².